The summed E-state index contributed by atoms with van der Waals surface area (Å²) < 4.78 is 11.2. The van der Waals surface area contributed by atoms with Crippen molar-refractivity contribution in [3.8, 4) is 17.2 Å². The molecule has 0 aliphatic carbocycles. The van der Waals surface area contributed by atoms with Gasteiger partial charge in [-0.3, -0.25) is 5.09 Å². The predicted octanol–water partition coefficient (Wildman–Crippen LogP) is 1.64. The van der Waals surface area contributed by atoms with Gasteiger partial charge in [-0.25, -0.2) is 4.57 Å². The predicted molar refractivity (Wildman–Crippen MR) is 92.7 cm³/mol. The molecule has 2 aromatic rings. The van der Waals surface area contributed by atoms with E-state index in [0.717, 1.165) is 12.1 Å². The highest BCUT2D eigenvalue weighted by molar-refractivity contribution is 7.53. The zero-order chi connectivity index (χ0) is 19.7. The minimum atomic E-state index is -4.84. The van der Waals surface area contributed by atoms with E-state index in [0.29, 0.717) is 5.56 Å². The Morgan fingerprint density at radius 2 is 1.62 bits per heavy atom. The van der Waals surface area contributed by atoms with Crippen LogP contribution >= 0.6 is 7.75 Å². The summed E-state index contributed by atoms with van der Waals surface area (Å²) in [5.74, 6) is -4.35. The number of phenolic OH excluding ortho intramolecular Hbond substituents is 3. The Hall–Kier alpha value is -2.29. The third-order valence-electron chi connectivity index (χ3n) is 3.82. The molecule has 8 N–H and O–H groups in total. The molecule has 142 valence electrons. The first-order valence-corrected chi connectivity index (χ1v) is 9.14. The molecule has 1 atom stereocenters. The van der Waals surface area contributed by atoms with Gasteiger partial charge in [-0.05, 0) is 23.6 Å². The van der Waals surface area contributed by atoms with Crippen LogP contribution in [0.3, 0.4) is 0 Å². The molecule has 0 saturated heterocycles. The van der Waals surface area contributed by atoms with Crippen molar-refractivity contribution < 1.29 is 39.9 Å². The second kappa shape index (κ2) is 7.14. The Balaban J connectivity index is 2.41. The Kier molecular flexibility index (Phi) is 5.50. The summed E-state index contributed by atoms with van der Waals surface area (Å²) in [4.78, 5) is 18.2. The van der Waals surface area contributed by atoms with E-state index in [-0.39, 0.29) is 12.2 Å². The second-order valence-corrected chi connectivity index (χ2v) is 7.37. The van der Waals surface area contributed by atoms with E-state index in [1.807, 2.05) is 0 Å². The molecule has 9 nitrogen and oxygen atoms in total. The summed E-state index contributed by atoms with van der Waals surface area (Å²) in [6, 6.07) is 7.72. The van der Waals surface area contributed by atoms with Crippen molar-refractivity contribution in [1.82, 2.24) is 0 Å². The average molecular weight is 385 g/mol. The van der Waals surface area contributed by atoms with Crippen molar-refractivity contribution >= 4 is 13.4 Å². The Morgan fingerprint density at radius 3 is 2.15 bits per heavy atom. The first kappa shape index (κ1) is 20.0. The van der Waals surface area contributed by atoms with Crippen LogP contribution in [0, 0.1) is 0 Å². The highest BCUT2D eigenvalue weighted by atomic mass is 31.2. The monoisotopic (exact) mass is 385 g/mol. The van der Waals surface area contributed by atoms with Crippen LogP contribution in [0.5, 0.6) is 17.2 Å². The van der Waals surface area contributed by atoms with Crippen LogP contribution in [0.25, 0.3) is 0 Å². The number of benzene rings is 2. The fourth-order valence-corrected chi connectivity index (χ4v) is 3.22. The molecule has 0 spiro atoms. The topological polar surface area (TPSA) is 171 Å². The van der Waals surface area contributed by atoms with E-state index in [9.17, 15) is 30.1 Å². The lowest BCUT2D eigenvalue weighted by Gasteiger charge is -2.29. The van der Waals surface area contributed by atoms with Gasteiger partial charge in [-0.15, -0.1) is 0 Å². The molecular weight excluding hydrogens is 365 g/mol. The Bertz CT molecular complexity index is 831. The maximum absolute atomic E-state index is 11.2. The van der Waals surface area contributed by atoms with Crippen molar-refractivity contribution in [2.24, 2.45) is 0 Å². The van der Waals surface area contributed by atoms with Crippen LogP contribution in [0.4, 0.5) is 5.69 Å². The smallest absolute Gasteiger partial charge is 0.427 e. The number of nitrogens with one attached hydrogen (secondary N) is 1. The standard InChI is InChI=1S/C16H20NO8P/c1-9(10-2-4-11(18)5-3-10)8-16(21,22)15-13(17-26(23,24)25)6-12(19)7-14(15)20/h2-7,9,18-22H,8H2,1H3,(H3,17,23,24,25). The van der Waals surface area contributed by atoms with E-state index < -0.39 is 42.2 Å². The fourth-order valence-electron chi connectivity index (χ4n) is 2.73. The molecule has 1 unspecified atom stereocenters. The maximum atomic E-state index is 11.2. The molecule has 0 bridgehead atoms. The molecule has 2 aromatic carbocycles. The lowest BCUT2D eigenvalue weighted by Crippen LogP contribution is -2.28. The van der Waals surface area contributed by atoms with Crippen molar-refractivity contribution in [2.45, 2.75) is 25.0 Å². The summed E-state index contributed by atoms with van der Waals surface area (Å²) in [6.07, 6.45) is -0.341. The minimum absolute atomic E-state index is 0.0459. The molecule has 10 heteroatoms. The lowest BCUT2D eigenvalue weighted by atomic mass is 9.88. The van der Waals surface area contributed by atoms with Crippen molar-refractivity contribution in [3.05, 3.63) is 47.5 Å². The summed E-state index contributed by atoms with van der Waals surface area (Å²) in [5.41, 5.74) is -0.430. The first-order chi connectivity index (χ1) is 11.9. The third-order valence-corrected chi connectivity index (χ3v) is 4.35. The van der Waals surface area contributed by atoms with Gasteiger partial charge in [0.2, 0.25) is 0 Å². The van der Waals surface area contributed by atoms with Gasteiger partial charge in [0.1, 0.15) is 17.2 Å². The molecule has 0 heterocycles. The number of phenols is 3. The van der Waals surface area contributed by atoms with E-state index in [1.165, 1.54) is 12.1 Å². The van der Waals surface area contributed by atoms with Crippen LogP contribution in [-0.4, -0.2) is 35.3 Å². The molecular formula is C16H20NO8P. The zero-order valence-corrected chi connectivity index (χ0v) is 14.6. The van der Waals surface area contributed by atoms with Crippen LogP contribution in [-0.2, 0) is 10.4 Å². The van der Waals surface area contributed by atoms with Gasteiger partial charge >= 0.3 is 7.75 Å². The highest BCUT2D eigenvalue weighted by Crippen LogP contribution is 2.46. The van der Waals surface area contributed by atoms with Crippen molar-refractivity contribution in [3.63, 3.8) is 0 Å². The first-order valence-electron chi connectivity index (χ1n) is 7.53. The molecule has 0 radical (unpaired) electrons. The molecule has 0 saturated carbocycles. The van der Waals surface area contributed by atoms with Crippen LogP contribution < -0.4 is 5.09 Å². The molecule has 2 rings (SSSR count). The number of aliphatic hydroxyl groups is 2. The zero-order valence-electron chi connectivity index (χ0n) is 13.7. The number of anilines is 1. The van der Waals surface area contributed by atoms with Gasteiger partial charge in [0.15, 0.2) is 5.79 Å². The fraction of sp³-hybridized carbons (Fsp3) is 0.250. The van der Waals surface area contributed by atoms with Gasteiger partial charge in [-0.2, -0.15) is 0 Å². The second-order valence-electron chi connectivity index (χ2n) is 6.06. The Labute approximate surface area is 149 Å². The number of hydrogen-bond donors (Lipinski definition) is 8. The number of aromatic hydroxyl groups is 3. The van der Waals surface area contributed by atoms with Gasteiger partial charge in [0, 0.05) is 18.6 Å². The molecule has 26 heavy (non-hydrogen) atoms. The summed E-state index contributed by atoms with van der Waals surface area (Å²) >= 11 is 0. The minimum Gasteiger partial charge on any atom is -0.508 e. The van der Waals surface area contributed by atoms with Crippen LogP contribution in [0.2, 0.25) is 0 Å². The quantitative estimate of drug-likeness (QED) is 0.272. The van der Waals surface area contributed by atoms with E-state index in [4.69, 9.17) is 9.79 Å². The van der Waals surface area contributed by atoms with Crippen LogP contribution in [0.15, 0.2) is 36.4 Å². The molecule has 0 aliphatic heterocycles. The average Bonchev–Trinajstić information content (AvgIpc) is 2.44. The molecule has 0 fully saturated rings. The summed E-state index contributed by atoms with van der Waals surface area (Å²) in [5, 5.41) is 51.6. The van der Waals surface area contributed by atoms with Crippen molar-refractivity contribution in [1.29, 1.82) is 0 Å². The normalized spacial score (nSPS) is 13.4. The molecule has 0 aromatic heterocycles. The summed E-state index contributed by atoms with van der Waals surface area (Å²) in [6.45, 7) is 1.67. The SMILES string of the molecule is CC(CC(O)(O)c1c(O)cc(O)cc1NP(=O)(O)O)c1ccc(O)cc1. The van der Waals surface area contributed by atoms with Crippen molar-refractivity contribution in [2.75, 3.05) is 5.09 Å². The highest BCUT2D eigenvalue weighted by Gasteiger charge is 2.36. The van der Waals surface area contributed by atoms with Gasteiger partial charge in [-0.1, -0.05) is 19.1 Å². The lowest BCUT2D eigenvalue weighted by molar-refractivity contribution is -0.177. The molecule has 0 aliphatic rings. The van der Waals surface area contributed by atoms with E-state index in [1.54, 1.807) is 24.1 Å². The molecule has 0 amide bonds. The van der Waals surface area contributed by atoms with Gasteiger partial charge in [0.05, 0.1) is 11.3 Å². The largest absolute Gasteiger partial charge is 0.508 e. The van der Waals surface area contributed by atoms with Gasteiger partial charge in [0.25, 0.3) is 0 Å². The number of rotatable bonds is 6. The summed E-state index contributed by atoms with van der Waals surface area (Å²) in [7, 11) is -4.84. The van der Waals surface area contributed by atoms with E-state index in [2.05, 4.69) is 0 Å². The van der Waals surface area contributed by atoms with E-state index >= 15 is 0 Å². The van der Waals surface area contributed by atoms with Gasteiger partial charge < -0.3 is 35.3 Å². The Morgan fingerprint density at radius 1 is 1.04 bits per heavy atom. The van der Waals surface area contributed by atoms with Crippen LogP contribution in [0.1, 0.15) is 30.4 Å². The number of hydrogen-bond acceptors (Lipinski definition) is 6. The third kappa shape index (κ3) is 4.87. The maximum Gasteiger partial charge on any atom is 0.427 e.